The summed E-state index contributed by atoms with van der Waals surface area (Å²) in [5.74, 6) is 0. The summed E-state index contributed by atoms with van der Waals surface area (Å²) < 4.78 is 3.24. The SMILES string of the molecule is Cn1c(=NN=Cc2ccc(Cl)cc2)sc2ccccc21. The van der Waals surface area contributed by atoms with Gasteiger partial charge in [0.1, 0.15) is 0 Å². The number of hydrogen-bond acceptors (Lipinski definition) is 3. The molecule has 3 aromatic rings. The zero-order valence-corrected chi connectivity index (χ0v) is 12.4. The van der Waals surface area contributed by atoms with Gasteiger partial charge in [0.05, 0.1) is 16.4 Å². The lowest BCUT2D eigenvalue weighted by atomic mass is 10.2. The highest BCUT2D eigenvalue weighted by molar-refractivity contribution is 7.16. The van der Waals surface area contributed by atoms with E-state index in [4.69, 9.17) is 11.6 Å². The van der Waals surface area contributed by atoms with Crippen LogP contribution in [0.25, 0.3) is 10.2 Å². The number of hydrogen-bond donors (Lipinski definition) is 0. The number of benzene rings is 2. The fourth-order valence-corrected chi connectivity index (χ4v) is 2.97. The van der Waals surface area contributed by atoms with Gasteiger partial charge in [-0.05, 0) is 29.8 Å². The first-order chi connectivity index (χ1) is 9.74. The van der Waals surface area contributed by atoms with Crippen molar-refractivity contribution in [1.82, 2.24) is 4.57 Å². The number of nitrogens with zero attached hydrogens (tertiary/aromatic N) is 3. The Labute approximate surface area is 125 Å². The maximum Gasteiger partial charge on any atom is 0.211 e. The lowest BCUT2D eigenvalue weighted by molar-refractivity contribution is 0.889. The maximum atomic E-state index is 5.84. The van der Waals surface area contributed by atoms with Crippen molar-refractivity contribution in [3.63, 3.8) is 0 Å². The lowest BCUT2D eigenvalue weighted by Gasteiger charge is -1.93. The fraction of sp³-hybridized carbons (Fsp3) is 0.0667. The molecule has 1 heterocycles. The van der Waals surface area contributed by atoms with Crippen LogP contribution in [0.1, 0.15) is 5.56 Å². The number of fused-ring (bicyclic) bond motifs is 1. The van der Waals surface area contributed by atoms with E-state index in [0.29, 0.717) is 0 Å². The Morgan fingerprint density at radius 2 is 1.85 bits per heavy atom. The van der Waals surface area contributed by atoms with Crippen LogP contribution in [-0.4, -0.2) is 10.8 Å². The van der Waals surface area contributed by atoms with E-state index in [-0.39, 0.29) is 0 Å². The van der Waals surface area contributed by atoms with Gasteiger partial charge in [0, 0.05) is 12.1 Å². The summed E-state index contributed by atoms with van der Waals surface area (Å²) in [6.45, 7) is 0. The second-order valence-electron chi connectivity index (χ2n) is 4.31. The van der Waals surface area contributed by atoms with Crippen LogP contribution < -0.4 is 4.80 Å². The number of aromatic nitrogens is 1. The first kappa shape index (κ1) is 13.1. The van der Waals surface area contributed by atoms with Crippen LogP contribution in [0.4, 0.5) is 0 Å². The van der Waals surface area contributed by atoms with Gasteiger partial charge in [-0.2, -0.15) is 5.10 Å². The summed E-state index contributed by atoms with van der Waals surface area (Å²) in [5, 5.41) is 9.14. The van der Waals surface area contributed by atoms with Gasteiger partial charge in [0.2, 0.25) is 4.80 Å². The molecule has 0 aliphatic carbocycles. The summed E-state index contributed by atoms with van der Waals surface area (Å²) in [6, 6.07) is 15.7. The third kappa shape index (κ3) is 2.66. The van der Waals surface area contributed by atoms with Gasteiger partial charge in [-0.25, -0.2) is 0 Å². The van der Waals surface area contributed by atoms with Crippen LogP contribution in [0.3, 0.4) is 0 Å². The summed E-state index contributed by atoms with van der Waals surface area (Å²) in [7, 11) is 2.00. The number of rotatable bonds is 2. The molecule has 0 aliphatic heterocycles. The number of para-hydroxylation sites is 1. The van der Waals surface area contributed by atoms with Crippen molar-refractivity contribution in [2.45, 2.75) is 0 Å². The Balaban J connectivity index is 1.94. The Morgan fingerprint density at radius 3 is 2.60 bits per heavy atom. The highest BCUT2D eigenvalue weighted by atomic mass is 35.5. The molecular weight excluding hydrogens is 290 g/mol. The zero-order valence-electron chi connectivity index (χ0n) is 10.8. The molecule has 0 bridgehead atoms. The summed E-state index contributed by atoms with van der Waals surface area (Å²) in [6.07, 6.45) is 1.72. The predicted octanol–water partition coefficient (Wildman–Crippen LogP) is 3.83. The van der Waals surface area contributed by atoms with Crippen molar-refractivity contribution in [3.05, 3.63) is 63.9 Å². The Kier molecular flexibility index (Phi) is 3.67. The minimum absolute atomic E-state index is 0.718. The van der Waals surface area contributed by atoms with Crippen molar-refractivity contribution in [3.8, 4) is 0 Å². The maximum absolute atomic E-state index is 5.84. The number of halogens is 1. The zero-order chi connectivity index (χ0) is 13.9. The van der Waals surface area contributed by atoms with Crippen molar-refractivity contribution >= 4 is 39.4 Å². The van der Waals surface area contributed by atoms with E-state index >= 15 is 0 Å². The summed E-state index contributed by atoms with van der Waals surface area (Å²) >= 11 is 7.46. The normalized spacial score (nSPS) is 12.6. The Hall–Kier alpha value is -1.91. The molecule has 20 heavy (non-hydrogen) atoms. The van der Waals surface area contributed by atoms with E-state index in [1.54, 1.807) is 17.6 Å². The van der Waals surface area contributed by atoms with Gasteiger partial charge < -0.3 is 4.57 Å². The molecular formula is C15H12ClN3S. The van der Waals surface area contributed by atoms with Gasteiger partial charge >= 0.3 is 0 Å². The fourth-order valence-electron chi connectivity index (χ4n) is 1.87. The Bertz CT molecular complexity index is 828. The largest absolute Gasteiger partial charge is 0.318 e. The standard InChI is InChI=1S/C15H12ClN3S/c1-19-13-4-2-3-5-14(13)20-15(19)18-17-10-11-6-8-12(16)9-7-11/h2-10H,1H3. The summed E-state index contributed by atoms with van der Waals surface area (Å²) in [4.78, 5) is 0.872. The number of aryl methyl sites for hydroxylation is 1. The van der Waals surface area contributed by atoms with E-state index in [1.807, 2.05) is 48.0 Å². The van der Waals surface area contributed by atoms with Crippen molar-refractivity contribution in [2.75, 3.05) is 0 Å². The molecule has 100 valence electrons. The van der Waals surface area contributed by atoms with Gasteiger partial charge in [-0.1, -0.05) is 47.2 Å². The molecule has 5 heteroatoms. The molecule has 0 fully saturated rings. The van der Waals surface area contributed by atoms with Crippen molar-refractivity contribution in [2.24, 2.45) is 17.3 Å². The smallest absolute Gasteiger partial charge is 0.211 e. The average molecular weight is 302 g/mol. The molecule has 0 saturated heterocycles. The van der Waals surface area contributed by atoms with Crippen LogP contribution in [0.2, 0.25) is 5.02 Å². The minimum atomic E-state index is 0.718. The van der Waals surface area contributed by atoms with E-state index in [1.165, 1.54) is 4.70 Å². The summed E-state index contributed by atoms with van der Waals surface area (Å²) in [5.41, 5.74) is 2.14. The molecule has 0 spiro atoms. The van der Waals surface area contributed by atoms with Crippen molar-refractivity contribution < 1.29 is 0 Å². The van der Waals surface area contributed by atoms with Crippen LogP contribution in [0.15, 0.2) is 58.7 Å². The first-order valence-electron chi connectivity index (χ1n) is 6.11. The molecule has 0 radical (unpaired) electrons. The molecule has 1 aromatic heterocycles. The van der Waals surface area contributed by atoms with Gasteiger partial charge in [0.15, 0.2) is 0 Å². The van der Waals surface area contributed by atoms with Gasteiger partial charge in [-0.15, -0.1) is 5.10 Å². The topological polar surface area (TPSA) is 29.6 Å². The molecule has 0 unspecified atom stereocenters. The first-order valence-corrected chi connectivity index (χ1v) is 7.31. The van der Waals surface area contributed by atoms with Crippen LogP contribution in [-0.2, 0) is 7.05 Å². The molecule has 0 aliphatic rings. The molecule has 0 atom stereocenters. The second kappa shape index (κ2) is 5.61. The van der Waals surface area contributed by atoms with Crippen LogP contribution in [0.5, 0.6) is 0 Å². The molecule has 2 aromatic carbocycles. The quantitative estimate of drug-likeness (QED) is 0.509. The minimum Gasteiger partial charge on any atom is -0.318 e. The lowest BCUT2D eigenvalue weighted by Crippen LogP contribution is -2.08. The van der Waals surface area contributed by atoms with Gasteiger partial charge in [-0.3, -0.25) is 0 Å². The van der Waals surface area contributed by atoms with Crippen LogP contribution in [0, 0.1) is 0 Å². The molecule has 0 N–H and O–H groups in total. The average Bonchev–Trinajstić information content (AvgIpc) is 2.78. The van der Waals surface area contributed by atoms with E-state index in [9.17, 15) is 0 Å². The predicted molar refractivity (Wildman–Crippen MR) is 85.4 cm³/mol. The van der Waals surface area contributed by atoms with E-state index in [0.717, 1.165) is 20.9 Å². The van der Waals surface area contributed by atoms with E-state index < -0.39 is 0 Å². The third-order valence-corrected chi connectivity index (χ3v) is 4.29. The third-order valence-electron chi connectivity index (χ3n) is 2.93. The van der Waals surface area contributed by atoms with Gasteiger partial charge in [0.25, 0.3) is 0 Å². The Morgan fingerprint density at radius 1 is 1.10 bits per heavy atom. The van der Waals surface area contributed by atoms with E-state index in [2.05, 4.69) is 22.3 Å². The van der Waals surface area contributed by atoms with Crippen molar-refractivity contribution in [1.29, 1.82) is 0 Å². The molecule has 3 nitrogen and oxygen atoms in total. The highest BCUT2D eigenvalue weighted by Crippen LogP contribution is 2.15. The molecule has 0 amide bonds. The molecule has 0 saturated carbocycles. The monoisotopic (exact) mass is 301 g/mol. The molecule has 3 rings (SSSR count). The highest BCUT2D eigenvalue weighted by Gasteiger charge is 2.00. The second-order valence-corrected chi connectivity index (χ2v) is 5.75. The van der Waals surface area contributed by atoms with Crippen LogP contribution >= 0.6 is 22.9 Å². The number of thiazole rings is 1.